The van der Waals surface area contributed by atoms with Crippen LogP contribution < -0.4 is 5.32 Å². The Balaban J connectivity index is 2.10. The Morgan fingerprint density at radius 2 is 2.40 bits per heavy atom. The van der Waals surface area contributed by atoms with Gasteiger partial charge in [0.05, 0.1) is 5.25 Å². The van der Waals surface area contributed by atoms with E-state index in [2.05, 4.69) is 15.5 Å². The van der Waals surface area contributed by atoms with E-state index >= 15 is 0 Å². The molecule has 1 aromatic heterocycles. The summed E-state index contributed by atoms with van der Waals surface area (Å²) in [7, 11) is -3.16. The van der Waals surface area contributed by atoms with Gasteiger partial charge in [0, 0.05) is 6.54 Å². The number of hydrogen-bond acceptors (Lipinski definition) is 6. The van der Waals surface area contributed by atoms with Gasteiger partial charge in [-0.25, -0.2) is 8.42 Å². The van der Waals surface area contributed by atoms with Gasteiger partial charge in [-0.2, -0.15) is 4.98 Å². The first-order valence-corrected chi connectivity index (χ1v) is 6.51. The van der Waals surface area contributed by atoms with Crippen molar-refractivity contribution in [1.29, 1.82) is 0 Å². The van der Waals surface area contributed by atoms with Crippen molar-refractivity contribution in [3.05, 3.63) is 11.7 Å². The summed E-state index contributed by atoms with van der Waals surface area (Å²) in [6, 6.07) is 0. The van der Waals surface area contributed by atoms with E-state index < -0.39 is 9.84 Å². The SMILES string of the molecule is Cc1noc(CS(=O)(=O)C2CCNC2)n1. The van der Waals surface area contributed by atoms with Gasteiger partial charge in [0.25, 0.3) is 0 Å². The smallest absolute Gasteiger partial charge is 0.241 e. The van der Waals surface area contributed by atoms with Crippen LogP contribution in [0.2, 0.25) is 0 Å². The van der Waals surface area contributed by atoms with Crippen LogP contribution in [0.3, 0.4) is 0 Å². The maximum absolute atomic E-state index is 11.8. The van der Waals surface area contributed by atoms with Crippen LogP contribution >= 0.6 is 0 Å². The fourth-order valence-corrected chi connectivity index (χ4v) is 3.17. The third-order valence-electron chi connectivity index (χ3n) is 2.42. The Labute approximate surface area is 88.0 Å². The molecule has 0 spiro atoms. The number of sulfone groups is 1. The molecule has 1 aliphatic heterocycles. The number of aryl methyl sites for hydroxylation is 1. The molecular formula is C8H13N3O3S. The molecule has 2 heterocycles. The minimum Gasteiger partial charge on any atom is -0.338 e. The third-order valence-corrected chi connectivity index (χ3v) is 4.48. The van der Waals surface area contributed by atoms with Gasteiger partial charge in [-0.15, -0.1) is 0 Å². The second-order valence-corrected chi connectivity index (χ2v) is 5.94. The van der Waals surface area contributed by atoms with E-state index in [4.69, 9.17) is 4.52 Å². The zero-order chi connectivity index (χ0) is 10.9. The van der Waals surface area contributed by atoms with Gasteiger partial charge in [-0.05, 0) is 19.9 Å². The Morgan fingerprint density at radius 3 is 2.93 bits per heavy atom. The van der Waals surface area contributed by atoms with E-state index in [1.54, 1.807) is 6.92 Å². The molecule has 0 aromatic carbocycles. The first kappa shape index (κ1) is 10.6. The predicted molar refractivity (Wildman–Crippen MR) is 52.9 cm³/mol. The maximum Gasteiger partial charge on any atom is 0.241 e. The number of rotatable bonds is 3. The molecule has 7 heteroatoms. The van der Waals surface area contributed by atoms with Crippen molar-refractivity contribution in [2.75, 3.05) is 13.1 Å². The number of aromatic nitrogens is 2. The molecule has 1 saturated heterocycles. The molecule has 0 bridgehead atoms. The first-order chi connectivity index (χ1) is 7.08. The lowest BCUT2D eigenvalue weighted by Crippen LogP contribution is -2.25. The van der Waals surface area contributed by atoms with Crippen LogP contribution in [0, 0.1) is 6.92 Å². The molecule has 1 unspecified atom stereocenters. The lowest BCUT2D eigenvalue weighted by molar-refractivity contribution is 0.384. The highest BCUT2D eigenvalue weighted by molar-refractivity contribution is 7.91. The summed E-state index contributed by atoms with van der Waals surface area (Å²) >= 11 is 0. The molecule has 1 atom stereocenters. The highest BCUT2D eigenvalue weighted by Gasteiger charge is 2.30. The Morgan fingerprint density at radius 1 is 1.60 bits per heavy atom. The molecule has 1 N–H and O–H groups in total. The van der Waals surface area contributed by atoms with Crippen LogP contribution in [-0.2, 0) is 15.6 Å². The molecule has 1 aromatic rings. The van der Waals surface area contributed by atoms with E-state index in [1.807, 2.05) is 0 Å². The highest BCUT2D eigenvalue weighted by atomic mass is 32.2. The zero-order valence-corrected chi connectivity index (χ0v) is 9.25. The van der Waals surface area contributed by atoms with Crippen LogP contribution in [0.5, 0.6) is 0 Å². The van der Waals surface area contributed by atoms with Crippen molar-refractivity contribution in [1.82, 2.24) is 15.5 Å². The summed E-state index contributed by atoms with van der Waals surface area (Å²) in [5.74, 6) is 0.490. The molecule has 0 saturated carbocycles. The van der Waals surface area contributed by atoms with Crippen molar-refractivity contribution in [2.45, 2.75) is 24.3 Å². The van der Waals surface area contributed by atoms with Crippen molar-refractivity contribution in [3.8, 4) is 0 Å². The number of hydrogen-bond donors (Lipinski definition) is 1. The van der Waals surface area contributed by atoms with E-state index in [0.717, 1.165) is 6.54 Å². The van der Waals surface area contributed by atoms with E-state index in [9.17, 15) is 8.42 Å². The molecule has 1 aliphatic rings. The topological polar surface area (TPSA) is 85.1 Å². The van der Waals surface area contributed by atoms with Crippen LogP contribution in [0.4, 0.5) is 0 Å². The molecule has 0 aliphatic carbocycles. The molecule has 0 amide bonds. The van der Waals surface area contributed by atoms with Gasteiger partial charge < -0.3 is 9.84 Å². The van der Waals surface area contributed by atoms with E-state index in [-0.39, 0.29) is 16.9 Å². The maximum atomic E-state index is 11.8. The van der Waals surface area contributed by atoms with Crippen LogP contribution in [0.25, 0.3) is 0 Å². The van der Waals surface area contributed by atoms with Gasteiger partial charge in [-0.1, -0.05) is 5.16 Å². The third kappa shape index (κ3) is 2.35. The molecule has 84 valence electrons. The fraction of sp³-hybridized carbons (Fsp3) is 0.750. The Kier molecular flexibility index (Phi) is 2.74. The minimum absolute atomic E-state index is 0.153. The Bertz CT molecular complexity index is 434. The normalized spacial score (nSPS) is 22.1. The standard InChI is InChI=1S/C8H13N3O3S/c1-6-10-8(14-11-6)5-15(12,13)7-2-3-9-4-7/h7,9H,2-5H2,1H3. The average molecular weight is 231 g/mol. The van der Waals surface area contributed by atoms with Crippen LogP contribution in [0.1, 0.15) is 18.1 Å². The molecule has 0 radical (unpaired) electrons. The van der Waals surface area contributed by atoms with Gasteiger partial charge in [0.2, 0.25) is 5.89 Å². The highest BCUT2D eigenvalue weighted by Crippen LogP contribution is 2.15. The summed E-state index contributed by atoms with van der Waals surface area (Å²) in [6.45, 7) is 2.94. The van der Waals surface area contributed by atoms with Gasteiger partial charge >= 0.3 is 0 Å². The summed E-state index contributed by atoms with van der Waals surface area (Å²) in [4.78, 5) is 3.89. The number of nitrogens with zero attached hydrogens (tertiary/aromatic N) is 2. The van der Waals surface area contributed by atoms with Gasteiger partial charge in [0.15, 0.2) is 15.7 Å². The van der Waals surface area contributed by atoms with Crippen molar-refractivity contribution in [3.63, 3.8) is 0 Å². The largest absolute Gasteiger partial charge is 0.338 e. The minimum atomic E-state index is -3.16. The van der Waals surface area contributed by atoms with E-state index in [1.165, 1.54) is 0 Å². The summed E-state index contributed by atoms with van der Waals surface area (Å²) in [5, 5.41) is 6.27. The van der Waals surface area contributed by atoms with Crippen LogP contribution in [-0.4, -0.2) is 36.9 Å². The van der Waals surface area contributed by atoms with E-state index in [0.29, 0.717) is 18.8 Å². The predicted octanol–water partition coefficient (Wildman–Crippen LogP) is -0.345. The fourth-order valence-electron chi connectivity index (χ4n) is 1.62. The van der Waals surface area contributed by atoms with Gasteiger partial charge in [-0.3, -0.25) is 0 Å². The van der Waals surface area contributed by atoms with Crippen molar-refractivity contribution in [2.24, 2.45) is 0 Å². The summed E-state index contributed by atoms with van der Waals surface area (Å²) in [6.07, 6.45) is 0.662. The molecule has 6 nitrogen and oxygen atoms in total. The first-order valence-electron chi connectivity index (χ1n) is 4.79. The number of nitrogens with one attached hydrogen (secondary N) is 1. The van der Waals surface area contributed by atoms with Crippen LogP contribution in [0.15, 0.2) is 4.52 Å². The molecule has 2 rings (SSSR count). The molecular weight excluding hydrogens is 218 g/mol. The Hall–Kier alpha value is -0.950. The quantitative estimate of drug-likeness (QED) is 0.765. The van der Waals surface area contributed by atoms with Gasteiger partial charge in [0.1, 0.15) is 5.75 Å². The zero-order valence-electron chi connectivity index (χ0n) is 8.43. The second-order valence-electron chi connectivity index (χ2n) is 3.66. The van der Waals surface area contributed by atoms with Crippen molar-refractivity contribution >= 4 is 9.84 Å². The lowest BCUT2D eigenvalue weighted by atomic mass is 10.4. The second kappa shape index (κ2) is 3.90. The lowest BCUT2D eigenvalue weighted by Gasteiger charge is -2.07. The summed E-state index contributed by atoms with van der Waals surface area (Å²) < 4.78 is 28.5. The summed E-state index contributed by atoms with van der Waals surface area (Å²) in [5.41, 5.74) is 0. The van der Waals surface area contributed by atoms with Crippen molar-refractivity contribution < 1.29 is 12.9 Å². The monoisotopic (exact) mass is 231 g/mol. The molecule has 15 heavy (non-hydrogen) atoms. The molecule has 1 fully saturated rings. The average Bonchev–Trinajstić information content (AvgIpc) is 2.75.